The van der Waals surface area contributed by atoms with Crippen molar-refractivity contribution in [3.05, 3.63) is 52.3 Å². The summed E-state index contributed by atoms with van der Waals surface area (Å²) >= 11 is 3.26. The first-order valence-electron chi connectivity index (χ1n) is 8.30. The van der Waals surface area contributed by atoms with Crippen LogP contribution >= 0.6 is 15.9 Å². The van der Waals surface area contributed by atoms with E-state index in [-0.39, 0.29) is 6.04 Å². The van der Waals surface area contributed by atoms with Crippen molar-refractivity contribution in [3.63, 3.8) is 0 Å². The summed E-state index contributed by atoms with van der Waals surface area (Å²) in [6.45, 7) is 4.03. The average Bonchev–Trinajstić information content (AvgIpc) is 3.03. The fourth-order valence-corrected chi connectivity index (χ4v) is 3.66. The number of halogens is 1. The molecule has 0 spiro atoms. The highest BCUT2D eigenvalue weighted by atomic mass is 79.9. The van der Waals surface area contributed by atoms with E-state index in [1.807, 2.05) is 6.92 Å². The zero-order chi connectivity index (χ0) is 16.9. The minimum Gasteiger partial charge on any atom is -0.410 e. The SMILES string of the molecule is CC(C(=NO)c1cc(Br)no1)N1CCC(Cc2ccccc2)CC1. The van der Waals surface area contributed by atoms with Crippen LogP contribution < -0.4 is 0 Å². The maximum Gasteiger partial charge on any atom is 0.187 e. The molecule has 128 valence electrons. The Labute approximate surface area is 150 Å². The molecule has 24 heavy (non-hydrogen) atoms. The van der Waals surface area contributed by atoms with E-state index in [9.17, 15) is 5.21 Å². The van der Waals surface area contributed by atoms with Crippen molar-refractivity contribution in [2.75, 3.05) is 13.1 Å². The number of hydrogen-bond acceptors (Lipinski definition) is 5. The van der Waals surface area contributed by atoms with Crippen LogP contribution in [0, 0.1) is 5.92 Å². The lowest BCUT2D eigenvalue weighted by molar-refractivity contribution is 0.166. The standard InChI is InChI=1S/C18H22BrN3O2/c1-13(18(20-23)16-12-17(19)21-24-16)22-9-7-15(8-10-22)11-14-5-3-2-4-6-14/h2-6,12-13,15,23H,7-11H2,1H3. The average molecular weight is 392 g/mol. The lowest BCUT2D eigenvalue weighted by atomic mass is 9.89. The van der Waals surface area contributed by atoms with Crippen LogP contribution in [0.4, 0.5) is 0 Å². The smallest absolute Gasteiger partial charge is 0.187 e. The van der Waals surface area contributed by atoms with Gasteiger partial charge in [-0.2, -0.15) is 0 Å². The van der Waals surface area contributed by atoms with Gasteiger partial charge in [-0.1, -0.05) is 40.6 Å². The summed E-state index contributed by atoms with van der Waals surface area (Å²) in [6.07, 6.45) is 3.44. The van der Waals surface area contributed by atoms with Crippen molar-refractivity contribution >= 4 is 21.6 Å². The Morgan fingerprint density at radius 2 is 2.08 bits per heavy atom. The normalized spacial score (nSPS) is 18.7. The van der Waals surface area contributed by atoms with Gasteiger partial charge in [-0.05, 0) is 66.7 Å². The third-order valence-electron chi connectivity index (χ3n) is 4.80. The zero-order valence-electron chi connectivity index (χ0n) is 13.7. The van der Waals surface area contributed by atoms with Gasteiger partial charge in [-0.15, -0.1) is 0 Å². The summed E-state index contributed by atoms with van der Waals surface area (Å²) in [4.78, 5) is 2.34. The lowest BCUT2D eigenvalue weighted by Gasteiger charge is -2.35. The Bertz CT molecular complexity index is 679. The molecule has 1 aromatic carbocycles. The third kappa shape index (κ3) is 4.05. The second kappa shape index (κ2) is 7.94. The molecule has 1 N–H and O–H groups in total. The number of aromatic nitrogens is 1. The van der Waals surface area contributed by atoms with Crippen molar-refractivity contribution in [1.29, 1.82) is 0 Å². The van der Waals surface area contributed by atoms with E-state index in [1.165, 1.54) is 5.56 Å². The van der Waals surface area contributed by atoms with E-state index < -0.39 is 0 Å². The molecule has 2 heterocycles. The topological polar surface area (TPSA) is 61.9 Å². The van der Waals surface area contributed by atoms with Crippen LogP contribution in [0.3, 0.4) is 0 Å². The quantitative estimate of drug-likeness (QED) is 0.475. The van der Waals surface area contributed by atoms with Crippen molar-refractivity contribution in [3.8, 4) is 0 Å². The molecule has 0 bridgehead atoms. The fourth-order valence-electron chi connectivity index (χ4n) is 3.38. The van der Waals surface area contributed by atoms with E-state index >= 15 is 0 Å². The molecule has 1 fully saturated rings. The van der Waals surface area contributed by atoms with Crippen LogP contribution in [-0.4, -0.2) is 40.1 Å². The van der Waals surface area contributed by atoms with E-state index in [2.05, 4.69) is 61.5 Å². The minimum atomic E-state index is -0.00692. The molecule has 1 atom stereocenters. The second-order valence-electron chi connectivity index (χ2n) is 6.34. The van der Waals surface area contributed by atoms with Crippen LogP contribution in [0.25, 0.3) is 0 Å². The second-order valence-corrected chi connectivity index (χ2v) is 7.16. The van der Waals surface area contributed by atoms with Gasteiger partial charge in [0.05, 0.1) is 6.04 Å². The van der Waals surface area contributed by atoms with E-state index in [0.717, 1.165) is 32.4 Å². The number of nitrogens with zero attached hydrogens (tertiary/aromatic N) is 3. The summed E-state index contributed by atoms with van der Waals surface area (Å²) in [6, 6.07) is 12.4. The van der Waals surface area contributed by atoms with Gasteiger partial charge in [0.15, 0.2) is 5.76 Å². The number of benzene rings is 1. The first-order chi connectivity index (χ1) is 11.7. The Morgan fingerprint density at radius 3 is 2.67 bits per heavy atom. The molecule has 0 aliphatic carbocycles. The first kappa shape index (κ1) is 17.2. The van der Waals surface area contributed by atoms with Crippen molar-refractivity contribution in [2.45, 2.75) is 32.2 Å². The van der Waals surface area contributed by atoms with Crippen molar-refractivity contribution < 1.29 is 9.73 Å². The predicted molar refractivity (Wildman–Crippen MR) is 96.4 cm³/mol. The molecule has 0 saturated carbocycles. The van der Waals surface area contributed by atoms with Crippen molar-refractivity contribution in [1.82, 2.24) is 10.1 Å². The van der Waals surface area contributed by atoms with Crippen LogP contribution in [0.5, 0.6) is 0 Å². The van der Waals surface area contributed by atoms with Gasteiger partial charge in [-0.25, -0.2) is 0 Å². The molecule has 1 aliphatic rings. The molecule has 1 aliphatic heterocycles. The van der Waals surface area contributed by atoms with E-state index in [1.54, 1.807) is 6.07 Å². The maximum absolute atomic E-state index is 9.39. The maximum atomic E-state index is 9.39. The summed E-state index contributed by atoms with van der Waals surface area (Å²) in [7, 11) is 0. The minimum absolute atomic E-state index is 0.00692. The monoisotopic (exact) mass is 391 g/mol. The van der Waals surface area contributed by atoms with Gasteiger partial charge < -0.3 is 9.73 Å². The van der Waals surface area contributed by atoms with Gasteiger partial charge in [-0.3, -0.25) is 4.90 Å². The highest BCUT2D eigenvalue weighted by Crippen LogP contribution is 2.24. The molecule has 1 unspecified atom stereocenters. The molecular weight excluding hydrogens is 370 g/mol. The summed E-state index contributed by atoms with van der Waals surface area (Å²) < 4.78 is 5.82. The number of rotatable bonds is 5. The van der Waals surface area contributed by atoms with Gasteiger partial charge in [0.1, 0.15) is 10.3 Å². The highest BCUT2D eigenvalue weighted by molar-refractivity contribution is 9.10. The Balaban J connectivity index is 1.57. The van der Waals surface area contributed by atoms with Gasteiger partial charge in [0.25, 0.3) is 0 Å². The lowest BCUT2D eigenvalue weighted by Crippen LogP contribution is -2.44. The summed E-state index contributed by atoms with van der Waals surface area (Å²) in [5, 5.41) is 16.7. The third-order valence-corrected chi connectivity index (χ3v) is 5.18. The van der Waals surface area contributed by atoms with Crippen LogP contribution in [0.2, 0.25) is 0 Å². The van der Waals surface area contributed by atoms with Crippen LogP contribution in [0.15, 0.2) is 50.7 Å². The predicted octanol–water partition coefficient (Wildman–Crippen LogP) is 3.96. The van der Waals surface area contributed by atoms with Crippen LogP contribution in [0.1, 0.15) is 31.1 Å². The number of hydrogen-bond donors (Lipinski definition) is 1. The Hall–Kier alpha value is -1.66. The molecule has 3 rings (SSSR count). The fraction of sp³-hybridized carbons (Fsp3) is 0.444. The first-order valence-corrected chi connectivity index (χ1v) is 9.09. The molecule has 1 aromatic heterocycles. The Kier molecular flexibility index (Phi) is 5.68. The molecule has 6 heteroatoms. The molecule has 2 aromatic rings. The number of oxime groups is 1. The number of piperidine rings is 1. The van der Waals surface area contributed by atoms with Gasteiger partial charge >= 0.3 is 0 Å². The largest absolute Gasteiger partial charge is 0.410 e. The zero-order valence-corrected chi connectivity index (χ0v) is 15.3. The van der Waals surface area contributed by atoms with E-state index in [0.29, 0.717) is 22.0 Å². The van der Waals surface area contributed by atoms with Crippen molar-refractivity contribution in [2.24, 2.45) is 11.1 Å². The van der Waals surface area contributed by atoms with Gasteiger partial charge in [0, 0.05) is 6.07 Å². The number of likely N-dealkylation sites (tertiary alicyclic amines) is 1. The van der Waals surface area contributed by atoms with Crippen LogP contribution in [-0.2, 0) is 6.42 Å². The molecule has 0 radical (unpaired) electrons. The molecule has 0 amide bonds. The van der Waals surface area contributed by atoms with Gasteiger partial charge in [0.2, 0.25) is 0 Å². The molecule has 5 nitrogen and oxygen atoms in total. The van der Waals surface area contributed by atoms with E-state index in [4.69, 9.17) is 4.52 Å². The summed E-state index contributed by atoms with van der Waals surface area (Å²) in [5.74, 6) is 1.22. The Morgan fingerprint density at radius 1 is 1.38 bits per heavy atom. The molecule has 1 saturated heterocycles. The highest BCUT2D eigenvalue weighted by Gasteiger charge is 2.28. The molecular formula is C18H22BrN3O2. The summed E-state index contributed by atoms with van der Waals surface area (Å²) in [5.41, 5.74) is 1.93.